The highest BCUT2D eigenvalue weighted by Crippen LogP contribution is 2.25. The van der Waals surface area contributed by atoms with E-state index in [2.05, 4.69) is 10.3 Å². The molecule has 0 aliphatic rings. The summed E-state index contributed by atoms with van der Waals surface area (Å²) in [4.78, 5) is 43.5. The van der Waals surface area contributed by atoms with Gasteiger partial charge in [0, 0.05) is 6.54 Å². The molecule has 0 saturated carbocycles. The van der Waals surface area contributed by atoms with Crippen molar-refractivity contribution in [3.63, 3.8) is 0 Å². The third-order valence-corrected chi connectivity index (χ3v) is 6.78. The van der Waals surface area contributed by atoms with Crippen LogP contribution in [0.3, 0.4) is 0 Å². The highest BCUT2D eigenvalue weighted by atomic mass is 32.2. The van der Waals surface area contributed by atoms with Crippen LogP contribution in [0.4, 0.5) is 0 Å². The zero-order valence-corrected chi connectivity index (χ0v) is 18.6. The minimum absolute atomic E-state index is 0.230. The lowest BCUT2D eigenvalue weighted by Crippen LogP contribution is -2.41. The van der Waals surface area contributed by atoms with Crippen molar-refractivity contribution in [2.45, 2.75) is 24.4 Å². The summed E-state index contributed by atoms with van der Waals surface area (Å²) in [6.45, 7) is 2.05. The topological polar surface area (TPSA) is 86.0 Å². The van der Waals surface area contributed by atoms with Crippen LogP contribution in [0.15, 0.2) is 68.5 Å². The number of hydrogen-bond donors (Lipinski definition) is 1. The number of carbonyl (C=O) groups is 1. The van der Waals surface area contributed by atoms with E-state index in [0.717, 1.165) is 15.7 Å². The van der Waals surface area contributed by atoms with Crippen LogP contribution in [0.2, 0.25) is 0 Å². The van der Waals surface area contributed by atoms with Crippen molar-refractivity contribution in [1.82, 2.24) is 19.4 Å². The van der Waals surface area contributed by atoms with Crippen molar-refractivity contribution < 1.29 is 4.79 Å². The molecule has 1 amide bonds. The zero-order valence-electron chi connectivity index (χ0n) is 17.0. The molecule has 0 radical (unpaired) electrons. The fourth-order valence-corrected chi connectivity index (χ4v) is 4.66. The third-order valence-electron chi connectivity index (χ3n) is 4.77. The van der Waals surface area contributed by atoms with Gasteiger partial charge in [-0.15, -0.1) is 11.3 Å². The first-order chi connectivity index (χ1) is 15.0. The monoisotopic (exact) mass is 452 g/mol. The molecule has 4 rings (SSSR count). The highest BCUT2D eigenvalue weighted by Gasteiger charge is 2.20. The van der Waals surface area contributed by atoms with Crippen LogP contribution in [-0.4, -0.2) is 26.3 Å². The van der Waals surface area contributed by atoms with E-state index in [0.29, 0.717) is 21.3 Å². The second-order valence-corrected chi connectivity index (χ2v) is 9.00. The summed E-state index contributed by atoms with van der Waals surface area (Å²) in [6, 6.07) is 16.6. The predicted octanol–water partition coefficient (Wildman–Crippen LogP) is 2.96. The second kappa shape index (κ2) is 8.91. The second-order valence-electron chi connectivity index (χ2n) is 6.94. The molecule has 9 heteroatoms. The Kier molecular flexibility index (Phi) is 6.06. The number of hydrogen-bond acceptors (Lipinski definition) is 6. The number of carbonyl (C=O) groups excluding carboxylic acids is 1. The van der Waals surface area contributed by atoms with Crippen molar-refractivity contribution in [3.8, 4) is 5.69 Å². The molecule has 0 spiro atoms. The first-order valence-corrected chi connectivity index (χ1v) is 11.6. The van der Waals surface area contributed by atoms with Gasteiger partial charge in [-0.3, -0.25) is 14.2 Å². The quantitative estimate of drug-likeness (QED) is 0.455. The summed E-state index contributed by atoms with van der Waals surface area (Å²) in [5.41, 5.74) is 1.65. The average Bonchev–Trinajstić information content (AvgIpc) is 3.22. The lowest BCUT2D eigenvalue weighted by atomic mass is 10.2. The third kappa shape index (κ3) is 4.33. The van der Waals surface area contributed by atoms with E-state index >= 15 is 0 Å². The van der Waals surface area contributed by atoms with Crippen LogP contribution in [0.5, 0.6) is 0 Å². The van der Waals surface area contributed by atoms with E-state index in [9.17, 15) is 14.4 Å². The molecule has 2 heterocycles. The van der Waals surface area contributed by atoms with Gasteiger partial charge in [-0.25, -0.2) is 14.3 Å². The summed E-state index contributed by atoms with van der Waals surface area (Å²) in [7, 11) is 0. The SMILES string of the molecule is CSc1nc2c(s1)c(=O)n(-c1ccc(C)cc1)c(=O)n2CC(=O)NCc1ccccc1. The molecule has 0 aliphatic carbocycles. The number of fused-ring (bicyclic) bond motifs is 1. The number of thioether (sulfide) groups is 1. The molecular formula is C22H20N4O3S2. The maximum Gasteiger partial charge on any atom is 0.337 e. The van der Waals surface area contributed by atoms with Crippen LogP contribution in [0.1, 0.15) is 11.1 Å². The van der Waals surface area contributed by atoms with Gasteiger partial charge < -0.3 is 5.32 Å². The van der Waals surface area contributed by atoms with Crippen LogP contribution >= 0.6 is 23.1 Å². The predicted molar refractivity (Wildman–Crippen MR) is 124 cm³/mol. The Morgan fingerprint density at radius 2 is 1.81 bits per heavy atom. The Morgan fingerprint density at radius 1 is 1.10 bits per heavy atom. The van der Waals surface area contributed by atoms with Gasteiger partial charge >= 0.3 is 5.69 Å². The van der Waals surface area contributed by atoms with E-state index in [1.807, 2.05) is 55.6 Å². The van der Waals surface area contributed by atoms with Gasteiger partial charge in [-0.2, -0.15) is 0 Å². The van der Waals surface area contributed by atoms with Crippen molar-refractivity contribution >= 4 is 39.4 Å². The summed E-state index contributed by atoms with van der Waals surface area (Å²) in [6.07, 6.45) is 1.85. The first-order valence-electron chi connectivity index (χ1n) is 9.56. The molecule has 31 heavy (non-hydrogen) atoms. The zero-order chi connectivity index (χ0) is 22.0. The Morgan fingerprint density at radius 3 is 2.48 bits per heavy atom. The molecule has 7 nitrogen and oxygen atoms in total. The van der Waals surface area contributed by atoms with Crippen LogP contribution in [-0.2, 0) is 17.9 Å². The number of aromatic nitrogens is 3. The Bertz CT molecular complexity index is 1360. The van der Waals surface area contributed by atoms with E-state index in [-0.39, 0.29) is 18.1 Å². The largest absolute Gasteiger partial charge is 0.350 e. The van der Waals surface area contributed by atoms with Gasteiger partial charge in [0.15, 0.2) is 9.99 Å². The summed E-state index contributed by atoms with van der Waals surface area (Å²) >= 11 is 2.61. The standard InChI is InChI=1S/C22H20N4O3S2/c1-14-8-10-16(11-9-14)26-20(28)18-19(24-21(30-2)31-18)25(22(26)29)13-17(27)23-12-15-6-4-3-5-7-15/h3-11H,12-13H2,1-2H3,(H,23,27). The van der Waals surface area contributed by atoms with E-state index < -0.39 is 11.2 Å². The molecule has 0 bridgehead atoms. The van der Waals surface area contributed by atoms with Crippen LogP contribution < -0.4 is 16.6 Å². The molecular weight excluding hydrogens is 432 g/mol. The van der Waals surface area contributed by atoms with E-state index in [1.165, 1.54) is 27.7 Å². The van der Waals surface area contributed by atoms with Gasteiger partial charge in [-0.05, 0) is 30.9 Å². The van der Waals surface area contributed by atoms with Crippen molar-refractivity contribution in [2.24, 2.45) is 0 Å². The Balaban J connectivity index is 1.77. The maximum atomic E-state index is 13.3. The first kappa shape index (κ1) is 21.1. The average molecular weight is 453 g/mol. The Labute approximate surface area is 186 Å². The van der Waals surface area contributed by atoms with E-state index in [4.69, 9.17) is 0 Å². The van der Waals surface area contributed by atoms with Gasteiger partial charge in [-0.1, -0.05) is 59.8 Å². The molecule has 2 aromatic carbocycles. The normalized spacial score (nSPS) is 11.0. The van der Waals surface area contributed by atoms with Crippen molar-refractivity contribution in [2.75, 3.05) is 6.26 Å². The highest BCUT2D eigenvalue weighted by molar-refractivity contribution is 8.00. The minimum Gasteiger partial charge on any atom is -0.350 e. The van der Waals surface area contributed by atoms with Gasteiger partial charge in [0.25, 0.3) is 5.56 Å². The fourth-order valence-electron chi connectivity index (χ4n) is 3.16. The number of benzene rings is 2. The lowest BCUT2D eigenvalue weighted by molar-refractivity contribution is -0.121. The van der Waals surface area contributed by atoms with Gasteiger partial charge in [0.05, 0.1) is 5.69 Å². The minimum atomic E-state index is -0.589. The molecule has 2 aromatic heterocycles. The van der Waals surface area contributed by atoms with Crippen LogP contribution in [0.25, 0.3) is 16.0 Å². The lowest BCUT2D eigenvalue weighted by Gasteiger charge is -2.12. The number of nitrogens with zero attached hydrogens (tertiary/aromatic N) is 3. The number of aryl methyl sites for hydroxylation is 1. The fraction of sp³-hybridized carbons (Fsp3) is 0.182. The van der Waals surface area contributed by atoms with Gasteiger partial charge in [0.1, 0.15) is 11.2 Å². The van der Waals surface area contributed by atoms with E-state index in [1.54, 1.807) is 12.1 Å². The smallest absolute Gasteiger partial charge is 0.337 e. The number of nitrogens with one attached hydrogen (secondary N) is 1. The molecule has 1 N–H and O–H groups in total. The number of rotatable bonds is 6. The van der Waals surface area contributed by atoms with Crippen molar-refractivity contribution in [3.05, 3.63) is 86.6 Å². The van der Waals surface area contributed by atoms with Crippen molar-refractivity contribution in [1.29, 1.82) is 0 Å². The van der Waals surface area contributed by atoms with Gasteiger partial charge in [0.2, 0.25) is 5.91 Å². The summed E-state index contributed by atoms with van der Waals surface area (Å²) in [5.74, 6) is -0.333. The number of amides is 1. The molecule has 0 unspecified atom stereocenters. The molecule has 0 fully saturated rings. The summed E-state index contributed by atoms with van der Waals surface area (Å²) in [5, 5.41) is 2.83. The molecule has 0 aliphatic heterocycles. The number of thiazole rings is 1. The molecule has 158 valence electrons. The summed E-state index contributed by atoms with van der Waals surface area (Å²) < 4.78 is 3.38. The molecule has 4 aromatic rings. The molecule has 0 saturated heterocycles. The Hall–Kier alpha value is -3.17. The van der Waals surface area contributed by atoms with Crippen LogP contribution in [0, 0.1) is 6.92 Å². The maximum absolute atomic E-state index is 13.3. The molecule has 0 atom stereocenters.